The minimum absolute atomic E-state index is 0.00251. The van der Waals surface area contributed by atoms with Crippen molar-refractivity contribution in [2.45, 2.75) is 26.3 Å². The lowest BCUT2D eigenvalue weighted by molar-refractivity contribution is -0.116. The minimum Gasteiger partial charge on any atom is -0.323 e. The molecule has 0 radical (unpaired) electrons. The molecular weight excluding hydrogens is 306 g/mol. The number of anilines is 1. The van der Waals surface area contributed by atoms with Gasteiger partial charge in [-0.25, -0.2) is 8.78 Å². The number of carbonyl (C=O) groups is 1. The first-order valence-corrected chi connectivity index (χ1v) is 6.41. The quantitative estimate of drug-likeness (QED) is 0.875. The highest BCUT2D eigenvalue weighted by molar-refractivity contribution is 9.10. The van der Waals surface area contributed by atoms with E-state index in [1.165, 1.54) is 0 Å². The van der Waals surface area contributed by atoms with Gasteiger partial charge in [0.1, 0.15) is 5.82 Å². The van der Waals surface area contributed by atoms with E-state index in [1.807, 2.05) is 13.8 Å². The normalized spacial score (nSPS) is 12.3. The van der Waals surface area contributed by atoms with Crippen molar-refractivity contribution in [2.24, 2.45) is 0 Å². The van der Waals surface area contributed by atoms with Crippen LogP contribution in [0.15, 0.2) is 16.6 Å². The number of nitrogens with one attached hydrogen (secondary N) is 2. The van der Waals surface area contributed by atoms with E-state index in [0.717, 1.165) is 18.7 Å². The van der Waals surface area contributed by atoms with Gasteiger partial charge in [0.15, 0.2) is 5.82 Å². The Morgan fingerprint density at radius 1 is 1.44 bits per heavy atom. The van der Waals surface area contributed by atoms with Gasteiger partial charge in [-0.2, -0.15) is 0 Å². The fraction of sp³-hybridized carbons (Fsp3) is 0.417. The number of hydrogen-bond acceptors (Lipinski definition) is 2. The summed E-state index contributed by atoms with van der Waals surface area (Å²) in [6.45, 7) is 4.55. The molecule has 1 aromatic rings. The molecule has 6 heteroatoms. The van der Waals surface area contributed by atoms with Crippen molar-refractivity contribution in [3.63, 3.8) is 0 Å². The van der Waals surface area contributed by atoms with Crippen LogP contribution in [0.1, 0.15) is 20.3 Å². The van der Waals surface area contributed by atoms with Gasteiger partial charge in [-0.1, -0.05) is 6.92 Å². The van der Waals surface area contributed by atoms with Gasteiger partial charge in [0.2, 0.25) is 5.91 Å². The molecule has 0 spiro atoms. The minimum atomic E-state index is -0.800. The van der Waals surface area contributed by atoms with Crippen LogP contribution in [0.25, 0.3) is 0 Å². The number of amides is 1. The lowest BCUT2D eigenvalue weighted by Gasteiger charge is -2.13. The van der Waals surface area contributed by atoms with E-state index >= 15 is 0 Å². The zero-order valence-corrected chi connectivity index (χ0v) is 11.8. The third-order valence-electron chi connectivity index (χ3n) is 2.32. The molecule has 1 aromatic carbocycles. The monoisotopic (exact) mass is 320 g/mol. The number of hydrogen-bond donors (Lipinski definition) is 2. The summed E-state index contributed by atoms with van der Waals surface area (Å²) in [5.74, 6) is -1.82. The molecule has 0 heterocycles. The number of halogens is 3. The van der Waals surface area contributed by atoms with Gasteiger partial charge in [0.05, 0.1) is 5.69 Å². The largest absolute Gasteiger partial charge is 0.323 e. The highest BCUT2D eigenvalue weighted by Crippen LogP contribution is 2.26. The van der Waals surface area contributed by atoms with Gasteiger partial charge in [-0.3, -0.25) is 4.79 Å². The fourth-order valence-electron chi connectivity index (χ4n) is 1.55. The molecule has 2 N–H and O–H groups in total. The van der Waals surface area contributed by atoms with Crippen molar-refractivity contribution in [2.75, 3.05) is 11.9 Å². The van der Waals surface area contributed by atoms with Gasteiger partial charge in [-0.15, -0.1) is 0 Å². The lowest BCUT2D eigenvalue weighted by Crippen LogP contribution is -2.30. The van der Waals surface area contributed by atoms with Crippen molar-refractivity contribution in [3.8, 4) is 0 Å². The number of rotatable bonds is 5. The second-order valence-electron chi connectivity index (χ2n) is 3.96. The van der Waals surface area contributed by atoms with E-state index in [0.29, 0.717) is 0 Å². The first kappa shape index (κ1) is 15.0. The van der Waals surface area contributed by atoms with E-state index in [-0.39, 0.29) is 28.5 Å². The van der Waals surface area contributed by atoms with Gasteiger partial charge in [0.25, 0.3) is 0 Å². The Morgan fingerprint density at radius 2 is 2.11 bits per heavy atom. The van der Waals surface area contributed by atoms with E-state index in [4.69, 9.17) is 0 Å². The molecule has 18 heavy (non-hydrogen) atoms. The van der Waals surface area contributed by atoms with Crippen LogP contribution >= 0.6 is 15.9 Å². The van der Waals surface area contributed by atoms with Crippen molar-refractivity contribution in [1.82, 2.24) is 5.32 Å². The topological polar surface area (TPSA) is 41.1 Å². The van der Waals surface area contributed by atoms with Crippen LogP contribution in [-0.2, 0) is 4.79 Å². The molecular formula is C12H15BrF2N2O. The average molecular weight is 321 g/mol. The van der Waals surface area contributed by atoms with Crippen molar-refractivity contribution >= 4 is 27.5 Å². The Balaban J connectivity index is 2.70. The summed E-state index contributed by atoms with van der Waals surface area (Å²) in [5, 5.41) is 5.50. The lowest BCUT2D eigenvalue weighted by atomic mass is 10.2. The van der Waals surface area contributed by atoms with E-state index in [2.05, 4.69) is 26.6 Å². The summed E-state index contributed by atoms with van der Waals surface area (Å²) < 4.78 is 26.5. The van der Waals surface area contributed by atoms with Gasteiger partial charge in [0, 0.05) is 23.0 Å². The van der Waals surface area contributed by atoms with Crippen LogP contribution in [-0.4, -0.2) is 18.5 Å². The molecule has 3 nitrogen and oxygen atoms in total. The number of benzene rings is 1. The molecule has 0 saturated carbocycles. The number of carbonyl (C=O) groups excluding carboxylic acids is 1. The third kappa shape index (κ3) is 4.34. The Morgan fingerprint density at radius 3 is 2.67 bits per heavy atom. The van der Waals surface area contributed by atoms with Crippen molar-refractivity contribution in [1.29, 1.82) is 0 Å². The summed E-state index contributed by atoms with van der Waals surface area (Å²) in [5.41, 5.74) is -0.0369. The Kier molecular flexibility index (Phi) is 5.68. The molecule has 1 unspecified atom stereocenters. The van der Waals surface area contributed by atoms with Gasteiger partial charge in [-0.05, 0) is 35.5 Å². The average Bonchev–Trinajstić information content (AvgIpc) is 2.23. The van der Waals surface area contributed by atoms with Crippen LogP contribution in [0.2, 0.25) is 0 Å². The zero-order valence-electron chi connectivity index (χ0n) is 10.2. The predicted octanol–water partition coefficient (Wildman–Crippen LogP) is 3.05. The summed E-state index contributed by atoms with van der Waals surface area (Å²) in [7, 11) is 0. The van der Waals surface area contributed by atoms with E-state index in [1.54, 1.807) is 0 Å². The molecule has 0 fully saturated rings. The third-order valence-corrected chi connectivity index (χ3v) is 2.94. The second-order valence-corrected chi connectivity index (χ2v) is 4.81. The summed E-state index contributed by atoms with van der Waals surface area (Å²) in [6, 6.07) is 1.83. The Labute approximate surface area is 113 Å². The second kappa shape index (κ2) is 6.80. The predicted molar refractivity (Wildman–Crippen MR) is 70.4 cm³/mol. The maximum Gasteiger partial charge on any atom is 0.226 e. The highest BCUT2D eigenvalue weighted by atomic mass is 79.9. The van der Waals surface area contributed by atoms with Crippen LogP contribution in [0.3, 0.4) is 0 Å². The molecule has 1 amide bonds. The Bertz CT molecular complexity index is 417. The molecule has 100 valence electrons. The SMILES string of the molecule is CCNC(C)CC(=O)Nc1c(F)cc(F)cc1Br. The molecule has 0 bridgehead atoms. The summed E-state index contributed by atoms with van der Waals surface area (Å²) in [6.07, 6.45) is 0.219. The first-order chi connectivity index (χ1) is 8.43. The zero-order chi connectivity index (χ0) is 13.7. The van der Waals surface area contributed by atoms with Gasteiger partial charge >= 0.3 is 0 Å². The Hall–Kier alpha value is -1.01. The molecule has 1 atom stereocenters. The smallest absolute Gasteiger partial charge is 0.226 e. The van der Waals surface area contributed by atoms with Crippen molar-refractivity contribution in [3.05, 3.63) is 28.2 Å². The maximum atomic E-state index is 13.5. The molecule has 0 aliphatic rings. The standard InChI is InChI=1S/C12H15BrF2N2O/c1-3-16-7(2)4-11(18)17-12-9(13)5-8(14)6-10(12)15/h5-7,16H,3-4H2,1-2H3,(H,17,18). The van der Waals surface area contributed by atoms with Crippen LogP contribution in [0.5, 0.6) is 0 Å². The molecule has 0 aromatic heterocycles. The van der Waals surface area contributed by atoms with Crippen LogP contribution in [0, 0.1) is 11.6 Å². The highest BCUT2D eigenvalue weighted by Gasteiger charge is 2.14. The van der Waals surface area contributed by atoms with Crippen LogP contribution in [0.4, 0.5) is 14.5 Å². The maximum absolute atomic E-state index is 13.5. The van der Waals surface area contributed by atoms with Gasteiger partial charge < -0.3 is 10.6 Å². The van der Waals surface area contributed by atoms with E-state index in [9.17, 15) is 13.6 Å². The summed E-state index contributed by atoms with van der Waals surface area (Å²) in [4.78, 5) is 11.7. The van der Waals surface area contributed by atoms with Crippen molar-refractivity contribution < 1.29 is 13.6 Å². The molecule has 0 aliphatic carbocycles. The van der Waals surface area contributed by atoms with E-state index < -0.39 is 11.6 Å². The molecule has 0 aliphatic heterocycles. The first-order valence-electron chi connectivity index (χ1n) is 5.61. The fourth-order valence-corrected chi connectivity index (χ4v) is 2.06. The summed E-state index contributed by atoms with van der Waals surface area (Å²) >= 11 is 3.01. The van der Waals surface area contributed by atoms with Crippen LogP contribution < -0.4 is 10.6 Å². The molecule has 1 rings (SSSR count). The molecule has 0 saturated heterocycles.